The predicted molar refractivity (Wildman–Crippen MR) is 165 cm³/mol. The minimum absolute atomic E-state index is 0.00691. The maximum atomic E-state index is 14.2. The summed E-state index contributed by atoms with van der Waals surface area (Å²) in [5, 5.41) is 11.9. The summed E-state index contributed by atoms with van der Waals surface area (Å²) in [4.78, 5) is 25.9. The third kappa shape index (κ3) is 6.88. The summed E-state index contributed by atoms with van der Waals surface area (Å²) >= 11 is 7.83. The smallest absolute Gasteiger partial charge is 0.481 e. The number of phosphoric ester groups is 1. The minimum Gasteiger partial charge on any atom is -0.481 e. The van der Waals surface area contributed by atoms with Crippen molar-refractivity contribution in [1.29, 1.82) is 0 Å². The van der Waals surface area contributed by atoms with Gasteiger partial charge in [0.25, 0.3) is 0 Å². The van der Waals surface area contributed by atoms with Crippen LogP contribution < -0.4 is 9.42 Å². The molecule has 11 heteroatoms. The topological polar surface area (TPSA) is 102 Å². The van der Waals surface area contributed by atoms with Crippen LogP contribution in [0.15, 0.2) is 72.1 Å². The number of phosphoric acid groups is 1. The van der Waals surface area contributed by atoms with Crippen molar-refractivity contribution >= 4 is 58.4 Å². The molecular formula is C31H31ClNO7PS. The van der Waals surface area contributed by atoms with Crippen LogP contribution in [0.2, 0.25) is 0 Å². The van der Waals surface area contributed by atoms with Crippen molar-refractivity contribution in [3.63, 3.8) is 0 Å². The van der Waals surface area contributed by atoms with Crippen LogP contribution in [-0.4, -0.2) is 29.4 Å². The van der Waals surface area contributed by atoms with Crippen molar-refractivity contribution in [3.05, 3.63) is 94.4 Å². The molecule has 0 unspecified atom stereocenters. The van der Waals surface area contributed by atoms with E-state index in [0.717, 1.165) is 32.3 Å². The van der Waals surface area contributed by atoms with Crippen LogP contribution in [0.25, 0.3) is 10.1 Å². The lowest BCUT2D eigenvalue weighted by molar-refractivity contribution is -0.137. The van der Waals surface area contributed by atoms with Crippen LogP contribution in [0, 0.1) is 6.92 Å². The zero-order chi connectivity index (χ0) is 29.7. The van der Waals surface area contributed by atoms with Crippen LogP contribution in [0.4, 0.5) is 5.69 Å². The highest BCUT2D eigenvalue weighted by Crippen LogP contribution is 2.56. The van der Waals surface area contributed by atoms with Crippen LogP contribution in [0.1, 0.15) is 47.4 Å². The van der Waals surface area contributed by atoms with Gasteiger partial charge in [-0.2, -0.15) is 0 Å². The minimum atomic E-state index is -4.17. The first-order valence-electron chi connectivity index (χ1n) is 13.6. The van der Waals surface area contributed by atoms with Gasteiger partial charge >= 0.3 is 13.8 Å². The molecule has 1 aliphatic heterocycles. The average Bonchev–Trinajstić information content (AvgIpc) is 3.56. The van der Waals surface area contributed by atoms with Gasteiger partial charge in [-0.05, 0) is 41.0 Å². The van der Waals surface area contributed by atoms with Crippen LogP contribution in [-0.2, 0) is 36.4 Å². The van der Waals surface area contributed by atoms with Gasteiger partial charge in [-0.25, -0.2) is 4.57 Å². The van der Waals surface area contributed by atoms with Gasteiger partial charge in [-0.1, -0.05) is 60.7 Å². The number of hydrogen-bond donors (Lipinski definition) is 1. The van der Waals surface area contributed by atoms with Crippen LogP contribution in [0.5, 0.6) is 5.75 Å². The van der Waals surface area contributed by atoms with Crippen LogP contribution in [0.3, 0.4) is 0 Å². The summed E-state index contributed by atoms with van der Waals surface area (Å²) in [6.07, 6.45) is 0.212. The fourth-order valence-electron chi connectivity index (χ4n) is 5.02. The summed E-state index contributed by atoms with van der Waals surface area (Å²) < 4.78 is 32.9. The van der Waals surface area contributed by atoms with Gasteiger partial charge in [-0.3, -0.25) is 18.6 Å². The number of rotatable bonds is 13. The first-order valence-corrected chi connectivity index (χ1v) is 16.4. The number of carboxylic acids is 1. The molecule has 0 saturated carbocycles. The summed E-state index contributed by atoms with van der Waals surface area (Å²) in [6.45, 7) is 2.36. The number of anilines is 1. The number of carboxylic acid groups (broad SMARTS) is 1. The van der Waals surface area contributed by atoms with Crippen LogP contribution >= 0.6 is 30.8 Å². The highest BCUT2D eigenvalue weighted by atomic mass is 35.5. The quantitative estimate of drug-likeness (QED) is 0.118. The number of carbonyl (C=O) groups is 2. The van der Waals surface area contributed by atoms with E-state index in [9.17, 15) is 14.2 Å². The Hall–Kier alpha value is -3.20. The van der Waals surface area contributed by atoms with E-state index < -0.39 is 13.8 Å². The maximum Gasteiger partial charge on any atom is 0.530 e. The largest absolute Gasteiger partial charge is 0.530 e. The number of fused-ring (bicyclic) bond motifs is 3. The number of thiophene rings is 1. The van der Waals surface area contributed by atoms with Crippen molar-refractivity contribution in [2.24, 2.45) is 0 Å². The van der Waals surface area contributed by atoms with E-state index in [1.54, 1.807) is 11.0 Å². The molecule has 1 aromatic heterocycles. The first-order chi connectivity index (χ1) is 20.3. The molecule has 8 nitrogen and oxygen atoms in total. The van der Waals surface area contributed by atoms with Crippen molar-refractivity contribution < 1.29 is 32.8 Å². The van der Waals surface area contributed by atoms with E-state index >= 15 is 0 Å². The number of amides is 1. The van der Waals surface area contributed by atoms with Gasteiger partial charge in [0.05, 0.1) is 23.6 Å². The van der Waals surface area contributed by atoms with Gasteiger partial charge in [0, 0.05) is 42.6 Å². The number of aliphatic carboxylic acids is 1. The second kappa shape index (κ2) is 13.4. The van der Waals surface area contributed by atoms with E-state index in [2.05, 4.69) is 0 Å². The molecule has 0 saturated heterocycles. The monoisotopic (exact) mass is 627 g/mol. The van der Waals surface area contributed by atoms with Gasteiger partial charge in [0.2, 0.25) is 5.91 Å². The normalized spacial score (nSPS) is 14.7. The Morgan fingerprint density at radius 3 is 2.21 bits per heavy atom. The Balaban J connectivity index is 1.51. The summed E-state index contributed by atoms with van der Waals surface area (Å²) in [5.74, 6) is -0.686. The standard InChI is InChI=1S/C31H31ClNO7PS/c1-21-20-42-31-26(15-25-30(29(21)31)24(16-32)17-33(25)27(34)13-8-14-28(35)36)40-41(37,38-18-22-9-4-2-5-10-22)39-19-23-11-6-3-7-12-23/h2-7,9-12,15,20,24H,8,13-14,16-19H2,1H3,(H,35,36)/t24-/m1/s1. The summed E-state index contributed by atoms with van der Waals surface area (Å²) in [6, 6.07) is 20.4. The van der Waals surface area contributed by atoms with E-state index in [4.69, 9.17) is 30.3 Å². The van der Waals surface area contributed by atoms with Crippen molar-refractivity contribution in [1.82, 2.24) is 0 Å². The lowest BCUT2D eigenvalue weighted by Gasteiger charge is -2.22. The van der Waals surface area contributed by atoms with Gasteiger partial charge < -0.3 is 14.5 Å². The summed E-state index contributed by atoms with van der Waals surface area (Å²) in [5.41, 5.74) is 4.14. The maximum absolute atomic E-state index is 14.2. The first kappa shape index (κ1) is 30.3. The molecular weight excluding hydrogens is 597 g/mol. The van der Waals surface area contributed by atoms with E-state index in [0.29, 0.717) is 18.1 Å². The SMILES string of the molecule is Cc1csc2c(OP(=O)(OCc3ccccc3)OCc3ccccc3)cc3c(c12)[C@H](CCl)CN3C(=O)CCCC(=O)O. The Morgan fingerprint density at radius 2 is 1.64 bits per heavy atom. The zero-order valence-corrected chi connectivity index (χ0v) is 25.5. The number of carbonyl (C=O) groups excluding carboxylic acids is 1. The Morgan fingerprint density at radius 1 is 1.02 bits per heavy atom. The molecule has 1 amide bonds. The Labute approximate surface area is 253 Å². The molecule has 42 heavy (non-hydrogen) atoms. The number of hydrogen-bond acceptors (Lipinski definition) is 7. The number of halogens is 1. The third-order valence-electron chi connectivity index (χ3n) is 7.06. The van der Waals surface area contributed by atoms with E-state index in [1.165, 1.54) is 11.3 Å². The van der Waals surface area contributed by atoms with E-state index in [-0.39, 0.29) is 50.1 Å². The molecule has 3 aromatic carbocycles. The highest BCUT2D eigenvalue weighted by Gasteiger charge is 2.37. The molecule has 0 radical (unpaired) electrons. The third-order valence-corrected chi connectivity index (χ3v) is 9.85. The molecule has 220 valence electrons. The van der Waals surface area contributed by atoms with Gasteiger partial charge in [0.1, 0.15) is 0 Å². The molecule has 0 aliphatic carbocycles. The zero-order valence-electron chi connectivity index (χ0n) is 23.0. The fraction of sp³-hybridized carbons (Fsp3) is 0.290. The highest BCUT2D eigenvalue weighted by molar-refractivity contribution is 7.49. The predicted octanol–water partition coefficient (Wildman–Crippen LogP) is 8.05. The fourth-order valence-corrected chi connectivity index (χ4v) is 7.54. The van der Waals surface area contributed by atoms with Crippen molar-refractivity contribution in [3.8, 4) is 5.75 Å². The lowest BCUT2D eigenvalue weighted by Crippen LogP contribution is -2.30. The lowest BCUT2D eigenvalue weighted by atomic mass is 9.97. The molecule has 4 aromatic rings. The van der Waals surface area contributed by atoms with Gasteiger partial charge in [0.15, 0.2) is 5.75 Å². The number of benzene rings is 3. The molecule has 1 aliphatic rings. The molecule has 2 heterocycles. The summed E-state index contributed by atoms with van der Waals surface area (Å²) in [7, 11) is -4.17. The Bertz CT molecular complexity index is 1560. The second-order valence-electron chi connectivity index (χ2n) is 10.1. The number of alkyl halides is 1. The number of aryl methyl sites for hydroxylation is 1. The van der Waals surface area contributed by atoms with Crippen molar-refractivity contribution in [2.45, 2.75) is 45.3 Å². The van der Waals surface area contributed by atoms with Crippen molar-refractivity contribution in [2.75, 3.05) is 17.3 Å². The average molecular weight is 628 g/mol. The Kier molecular flexibility index (Phi) is 9.66. The molecule has 0 bridgehead atoms. The number of nitrogens with zero attached hydrogens (tertiary/aromatic N) is 1. The molecule has 1 atom stereocenters. The molecule has 1 N–H and O–H groups in total. The molecule has 0 spiro atoms. The van der Waals surface area contributed by atoms with Gasteiger partial charge in [-0.15, -0.1) is 22.9 Å². The molecule has 5 rings (SSSR count). The van der Waals surface area contributed by atoms with E-state index in [1.807, 2.05) is 73.0 Å². The molecule has 0 fully saturated rings. The second-order valence-corrected chi connectivity index (χ2v) is 12.9.